The summed E-state index contributed by atoms with van der Waals surface area (Å²) < 4.78 is 5.73. The van der Waals surface area contributed by atoms with Crippen LogP contribution in [0, 0.1) is 0 Å². The van der Waals surface area contributed by atoms with Gasteiger partial charge in [-0.2, -0.15) is 0 Å². The molecule has 0 aliphatic rings. The highest BCUT2D eigenvalue weighted by Crippen LogP contribution is 2.17. The molecule has 0 unspecified atom stereocenters. The zero-order valence-electron chi connectivity index (χ0n) is 17.8. The number of hydrogen-bond donors (Lipinski definition) is 4. The van der Waals surface area contributed by atoms with Crippen LogP contribution >= 0.6 is 0 Å². The number of nitrogens with one attached hydrogen (secondary N) is 3. The molecule has 3 aromatic rings. The molecule has 0 aliphatic carbocycles. The quantitative estimate of drug-likeness (QED) is 0.335. The molecule has 2 heterocycles. The largest absolute Gasteiger partial charge is 0.465 e. The fourth-order valence-electron chi connectivity index (χ4n) is 2.94. The zero-order chi connectivity index (χ0) is 24.3. The Hall–Kier alpha value is -4.39. The van der Waals surface area contributed by atoms with Gasteiger partial charge in [0.2, 0.25) is 5.91 Å². The maximum atomic E-state index is 12.8. The Morgan fingerprint density at radius 2 is 1.91 bits per heavy atom. The number of amides is 2. The Morgan fingerprint density at radius 3 is 2.58 bits per heavy atom. The van der Waals surface area contributed by atoms with Gasteiger partial charge in [0.05, 0.1) is 30.7 Å². The molecule has 2 atom stereocenters. The van der Waals surface area contributed by atoms with E-state index in [0.29, 0.717) is 0 Å². The standard InChI is InChI=1S/C20H20N6O7/c1-9(27)13(17(29)23-11-7-5-4-6-10(11)19(31)33-3)24-16(28)12-8-21-15-14(22-12)18(30)25-20(32)26(15)2/h4-9,13,27H,1-3H3,(H,23,29)(H,24,28)(H,25,30,32)/t9-,13+/m1/s1. The highest BCUT2D eigenvalue weighted by molar-refractivity contribution is 6.05. The number of methoxy groups -OCH3 is 1. The molecule has 172 valence electrons. The molecule has 0 aliphatic heterocycles. The van der Waals surface area contributed by atoms with Crippen molar-refractivity contribution in [1.82, 2.24) is 24.8 Å². The number of H-pyrrole nitrogens is 1. The monoisotopic (exact) mass is 456 g/mol. The van der Waals surface area contributed by atoms with Crippen LogP contribution in [-0.2, 0) is 16.6 Å². The van der Waals surface area contributed by atoms with Crippen LogP contribution in [0.2, 0.25) is 0 Å². The van der Waals surface area contributed by atoms with E-state index in [1.165, 1.54) is 33.2 Å². The van der Waals surface area contributed by atoms with E-state index >= 15 is 0 Å². The number of aliphatic hydroxyl groups is 1. The van der Waals surface area contributed by atoms with Crippen molar-refractivity contribution in [3.63, 3.8) is 0 Å². The first kappa shape index (κ1) is 23.3. The van der Waals surface area contributed by atoms with Crippen LogP contribution in [0.5, 0.6) is 0 Å². The SMILES string of the molecule is COC(=O)c1ccccc1NC(=O)[C@@H](NC(=O)c1cnc2c(n1)c(=O)[nH]c(=O)n2C)[C@@H](C)O. The molecule has 2 aromatic heterocycles. The lowest BCUT2D eigenvalue weighted by atomic mass is 10.1. The summed E-state index contributed by atoms with van der Waals surface area (Å²) in [6.07, 6.45) is -0.308. The van der Waals surface area contributed by atoms with Gasteiger partial charge in [0.25, 0.3) is 11.5 Å². The van der Waals surface area contributed by atoms with E-state index in [1.807, 2.05) is 4.98 Å². The van der Waals surface area contributed by atoms with Crippen molar-refractivity contribution in [2.45, 2.75) is 19.1 Å². The molecule has 1 aromatic carbocycles. The van der Waals surface area contributed by atoms with Gasteiger partial charge in [-0.05, 0) is 19.1 Å². The number of anilines is 1. The third kappa shape index (κ3) is 4.77. The molecule has 13 nitrogen and oxygen atoms in total. The zero-order valence-corrected chi connectivity index (χ0v) is 17.8. The fraction of sp³-hybridized carbons (Fsp3) is 0.250. The topological polar surface area (TPSA) is 185 Å². The number of esters is 1. The number of hydrogen-bond acceptors (Lipinski definition) is 9. The minimum Gasteiger partial charge on any atom is -0.465 e. The molecule has 13 heteroatoms. The van der Waals surface area contributed by atoms with Crippen molar-refractivity contribution in [2.75, 3.05) is 12.4 Å². The molecule has 0 radical (unpaired) electrons. The molecule has 0 saturated heterocycles. The molecular weight excluding hydrogens is 436 g/mol. The van der Waals surface area contributed by atoms with Crippen molar-refractivity contribution in [3.8, 4) is 0 Å². The van der Waals surface area contributed by atoms with Gasteiger partial charge in [0.1, 0.15) is 11.7 Å². The van der Waals surface area contributed by atoms with Crippen molar-refractivity contribution in [1.29, 1.82) is 0 Å². The van der Waals surface area contributed by atoms with E-state index in [0.717, 1.165) is 10.8 Å². The molecule has 4 N–H and O–H groups in total. The lowest BCUT2D eigenvalue weighted by Crippen LogP contribution is -2.50. The Kier molecular flexibility index (Phi) is 6.63. The van der Waals surface area contributed by atoms with Crippen LogP contribution in [-0.4, -0.2) is 61.7 Å². The summed E-state index contributed by atoms with van der Waals surface area (Å²) in [4.78, 5) is 71.0. The Morgan fingerprint density at radius 1 is 1.21 bits per heavy atom. The number of carbonyl (C=O) groups excluding carboxylic acids is 3. The van der Waals surface area contributed by atoms with Crippen LogP contribution in [0.25, 0.3) is 11.2 Å². The smallest absolute Gasteiger partial charge is 0.339 e. The normalized spacial score (nSPS) is 12.6. The average molecular weight is 456 g/mol. The van der Waals surface area contributed by atoms with E-state index < -0.39 is 41.2 Å². The number of ether oxygens (including phenoxy) is 1. The van der Waals surface area contributed by atoms with Crippen molar-refractivity contribution in [2.24, 2.45) is 7.05 Å². The highest BCUT2D eigenvalue weighted by atomic mass is 16.5. The fourth-order valence-corrected chi connectivity index (χ4v) is 2.94. The molecule has 0 bridgehead atoms. The van der Waals surface area contributed by atoms with Gasteiger partial charge in [0.15, 0.2) is 11.2 Å². The van der Waals surface area contributed by atoms with Crippen molar-refractivity contribution >= 4 is 34.6 Å². The minimum atomic E-state index is -1.45. The van der Waals surface area contributed by atoms with Crippen LogP contribution in [0.15, 0.2) is 40.1 Å². The molecule has 33 heavy (non-hydrogen) atoms. The summed E-state index contributed by atoms with van der Waals surface area (Å²) >= 11 is 0. The summed E-state index contributed by atoms with van der Waals surface area (Å²) in [6, 6.07) is 4.60. The molecule has 2 amide bonds. The average Bonchev–Trinajstić information content (AvgIpc) is 2.80. The number of aryl methyl sites for hydroxylation is 1. The Labute approximate surface area is 185 Å². The third-order valence-electron chi connectivity index (χ3n) is 4.69. The third-order valence-corrected chi connectivity index (χ3v) is 4.69. The predicted molar refractivity (Wildman–Crippen MR) is 115 cm³/mol. The summed E-state index contributed by atoms with van der Waals surface area (Å²) in [5, 5.41) is 14.9. The first-order valence-electron chi connectivity index (χ1n) is 9.57. The number of aromatic nitrogens is 4. The molecule has 3 rings (SSSR count). The second kappa shape index (κ2) is 9.40. The van der Waals surface area contributed by atoms with E-state index in [2.05, 4.69) is 25.3 Å². The Bertz CT molecular complexity index is 1360. The van der Waals surface area contributed by atoms with E-state index in [9.17, 15) is 29.1 Å². The number of nitrogens with zero attached hydrogens (tertiary/aromatic N) is 3. The van der Waals surface area contributed by atoms with Gasteiger partial charge >= 0.3 is 11.7 Å². The first-order valence-corrected chi connectivity index (χ1v) is 9.57. The van der Waals surface area contributed by atoms with E-state index in [-0.39, 0.29) is 28.1 Å². The van der Waals surface area contributed by atoms with Gasteiger partial charge in [-0.3, -0.25) is 23.9 Å². The van der Waals surface area contributed by atoms with Gasteiger partial charge in [-0.25, -0.2) is 19.6 Å². The van der Waals surface area contributed by atoms with Gasteiger partial charge in [-0.1, -0.05) is 12.1 Å². The van der Waals surface area contributed by atoms with Gasteiger partial charge in [0, 0.05) is 7.05 Å². The summed E-state index contributed by atoms with van der Waals surface area (Å²) in [5.41, 5.74) is -1.95. The summed E-state index contributed by atoms with van der Waals surface area (Å²) in [7, 11) is 2.56. The molecule has 0 spiro atoms. The van der Waals surface area contributed by atoms with Crippen molar-refractivity contribution < 1.29 is 24.2 Å². The van der Waals surface area contributed by atoms with Crippen LogP contribution in [0.3, 0.4) is 0 Å². The summed E-state index contributed by atoms with van der Waals surface area (Å²) in [5.74, 6) is -2.40. The van der Waals surface area contributed by atoms with Crippen LogP contribution in [0.1, 0.15) is 27.8 Å². The van der Waals surface area contributed by atoms with E-state index in [1.54, 1.807) is 12.1 Å². The number of para-hydroxylation sites is 1. The molecule has 0 fully saturated rings. The highest BCUT2D eigenvalue weighted by Gasteiger charge is 2.28. The number of rotatable bonds is 6. The number of aromatic amines is 1. The lowest BCUT2D eigenvalue weighted by Gasteiger charge is -2.21. The maximum Gasteiger partial charge on any atom is 0.339 e. The van der Waals surface area contributed by atoms with Crippen molar-refractivity contribution in [3.05, 3.63) is 62.6 Å². The molecule has 0 saturated carbocycles. The first-order chi connectivity index (χ1) is 15.6. The lowest BCUT2D eigenvalue weighted by molar-refractivity contribution is -0.120. The second-order valence-electron chi connectivity index (χ2n) is 6.96. The Balaban J connectivity index is 1.87. The van der Waals surface area contributed by atoms with Crippen LogP contribution in [0.4, 0.5) is 5.69 Å². The number of benzene rings is 1. The van der Waals surface area contributed by atoms with Gasteiger partial charge < -0.3 is 20.5 Å². The number of carbonyl (C=O) groups is 3. The van der Waals surface area contributed by atoms with E-state index in [4.69, 9.17) is 0 Å². The van der Waals surface area contributed by atoms with Gasteiger partial charge in [-0.15, -0.1) is 0 Å². The van der Waals surface area contributed by atoms with Crippen LogP contribution < -0.4 is 21.9 Å². The summed E-state index contributed by atoms with van der Waals surface area (Å²) in [6.45, 7) is 1.28. The second-order valence-corrected chi connectivity index (χ2v) is 6.96. The predicted octanol–water partition coefficient (Wildman–Crippen LogP) is -1.08. The minimum absolute atomic E-state index is 0.0375. The number of fused-ring (bicyclic) bond motifs is 1. The number of aliphatic hydroxyl groups excluding tert-OH is 1. The molecular formula is C20H20N6O7. The maximum absolute atomic E-state index is 12.8.